The van der Waals surface area contributed by atoms with Gasteiger partial charge in [-0.3, -0.25) is 9.69 Å². The quantitative estimate of drug-likeness (QED) is 0.824. The van der Waals surface area contributed by atoms with Crippen LogP contribution in [0.2, 0.25) is 0 Å². The van der Waals surface area contributed by atoms with E-state index in [0.29, 0.717) is 0 Å². The monoisotopic (exact) mass is 387 g/mol. The Labute approximate surface area is 163 Å². The van der Waals surface area contributed by atoms with Crippen molar-refractivity contribution in [2.45, 2.75) is 51.6 Å². The minimum absolute atomic E-state index is 0. The molecule has 1 atom stereocenters. The number of amides is 1. The molecule has 1 aromatic carbocycles. The maximum Gasteiger partial charge on any atom is 0.241 e. The molecule has 3 rings (SSSR count). The first kappa shape index (κ1) is 22.2. The molecule has 0 spiro atoms. The Balaban J connectivity index is 0.00000156. The zero-order valence-corrected chi connectivity index (χ0v) is 16.6. The summed E-state index contributed by atoms with van der Waals surface area (Å²) in [6.07, 6.45) is 5.87. The van der Waals surface area contributed by atoms with Crippen LogP contribution in [-0.2, 0) is 11.3 Å². The highest BCUT2D eigenvalue weighted by Crippen LogP contribution is 2.19. The third-order valence-corrected chi connectivity index (χ3v) is 5.13. The normalized spacial score (nSPS) is 21.7. The number of hydrogen-bond donors (Lipinski definition) is 2. The van der Waals surface area contributed by atoms with E-state index < -0.39 is 0 Å². The van der Waals surface area contributed by atoms with E-state index in [1.54, 1.807) is 0 Å². The van der Waals surface area contributed by atoms with E-state index in [1.807, 2.05) is 12.1 Å². The van der Waals surface area contributed by atoms with Gasteiger partial charge in [0.1, 0.15) is 0 Å². The van der Waals surface area contributed by atoms with Gasteiger partial charge in [-0.2, -0.15) is 0 Å². The average molecular weight is 388 g/mol. The molecule has 1 amide bonds. The first-order chi connectivity index (χ1) is 11.2. The summed E-state index contributed by atoms with van der Waals surface area (Å²) in [5.41, 5.74) is 2.23. The number of halogens is 2. The summed E-state index contributed by atoms with van der Waals surface area (Å²) in [6.45, 7) is 6.71. The number of nitrogens with zero attached hydrogens (tertiary/aromatic N) is 1. The predicted octanol–water partition coefficient (Wildman–Crippen LogP) is 3.84. The fraction of sp³-hybridized carbons (Fsp3) is 0.632. The number of likely N-dealkylation sites (tertiary alicyclic amines) is 1. The maximum absolute atomic E-state index is 12.2. The third-order valence-electron chi connectivity index (χ3n) is 5.13. The summed E-state index contributed by atoms with van der Waals surface area (Å²) in [5.74, 6) is 0.972. The molecule has 2 N–H and O–H groups in total. The second-order valence-corrected chi connectivity index (χ2v) is 7.15. The SMILES string of the molecule is CC1CCN(Cc2ccc(NC(=O)[C@H]3CCCCN3)cc2)CC1.Cl.Cl. The Kier molecular flexibility index (Phi) is 9.80. The van der Waals surface area contributed by atoms with Crippen molar-refractivity contribution in [2.75, 3.05) is 25.0 Å². The zero-order chi connectivity index (χ0) is 16.1. The molecule has 0 bridgehead atoms. The number of carbonyl (C=O) groups excluding carboxylic acids is 1. The van der Waals surface area contributed by atoms with Gasteiger partial charge in [-0.05, 0) is 68.9 Å². The van der Waals surface area contributed by atoms with E-state index in [1.165, 1.54) is 37.9 Å². The van der Waals surface area contributed by atoms with Crippen molar-refractivity contribution in [3.05, 3.63) is 29.8 Å². The highest BCUT2D eigenvalue weighted by atomic mass is 35.5. The maximum atomic E-state index is 12.2. The Morgan fingerprint density at radius 2 is 1.80 bits per heavy atom. The van der Waals surface area contributed by atoms with Crippen LogP contribution in [0.5, 0.6) is 0 Å². The number of hydrogen-bond acceptors (Lipinski definition) is 3. The predicted molar refractivity (Wildman–Crippen MR) is 109 cm³/mol. The van der Waals surface area contributed by atoms with Gasteiger partial charge >= 0.3 is 0 Å². The Hall–Kier alpha value is -0.810. The molecule has 0 aliphatic carbocycles. The van der Waals surface area contributed by atoms with Gasteiger partial charge in [0.2, 0.25) is 5.91 Å². The van der Waals surface area contributed by atoms with Crippen LogP contribution in [0.4, 0.5) is 5.69 Å². The first-order valence-corrected chi connectivity index (χ1v) is 9.06. The first-order valence-electron chi connectivity index (χ1n) is 9.06. The molecular formula is C19H31Cl2N3O. The fourth-order valence-corrected chi connectivity index (χ4v) is 3.48. The van der Waals surface area contributed by atoms with Crippen molar-refractivity contribution in [3.63, 3.8) is 0 Å². The van der Waals surface area contributed by atoms with Crippen molar-refractivity contribution in [2.24, 2.45) is 5.92 Å². The molecular weight excluding hydrogens is 357 g/mol. The lowest BCUT2D eigenvalue weighted by Crippen LogP contribution is -2.43. The summed E-state index contributed by atoms with van der Waals surface area (Å²) in [4.78, 5) is 14.7. The highest BCUT2D eigenvalue weighted by molar-refractivity contribution is 5.94. The molecule has 2 aliphatic heterocycles. The minimum Gasteiger partial charge on any atom is -0.325 e. The topological polar surface area (TPSA) is 44.4 Å². The van der Waals surface area contributed by atoms with Crippen molar-refractivity contribution in [1.82, 2.24) is 10.2 Å². The van der Waals surface area contributed by atoms with Crippen LogP contribution in [-0.4, -0.2) is 36.5 Å². The van der Waals surface area contributed by atoms with Crippen LogP contribution in [0.1, 0.15) is 44.6 Å². The molecule has 6 heteroatoms. The van der Waals surface area contributed by atoms with E-state index in [-0.39, 0.29) is 36.8 Å². The molecule has 2 saturated heterocycles. The van der Waals surface area contributed by atoms with Gasteiger partial charge in [-0.15, -0.1) is 24.8 Å². The fourth-order valence-electron chi connectivity index (χ4n) is 3.48. The molecule has 25 heavy (non-hydrogen) atoms. The van der Waals surface area contributed by atoms with Crippen molar-refractivity contribution >= 4 is 36.4 Å². The average Bonchev–Trinajstić information content (AvgIpc) is 2.59. The Bertz CT molecular complexity index is 510. The third kappa shape index (κ3) is 6.78. The van der Waals surface area contributed by atoms with Crippen molar-refractivity contribution in [3.8, 4) is 0 Å². The van der Waals surface area contributed by atoms with E-state index in [9.17, 15) is 4.79 Å². The van der Waals surface area contributed by atoms with E-state index in [2.05, 4.69) is 34.6 Å². The van der Waals surface area contributed by atoms with Crippen LogP contribution in [0.3, 0.4) is 0 Å². The smallest absolute Gasteiger partial charge is 0.241 e. The van der Waals surface area contributed by atoms with Crippen LogP contribution in [0, 0.1) is 5.92 Å². The summed E-state index contributed by atoms with van der Waals surface area (Å²) in [5, 5.41) is 6.32. The molecule has 142 valence electrons. The lowest BCUT2D eigenvalue weighted by Gasteiger charge is -2.30. The van der Waals surface area contributed by atoms with Gasteiger partial charge in [-0.1, -0.05) is 25.5 Å². The van der Waals surface area contributed by atoms with Crippen molar-refractivity contribution < 1.29 is 4.79 Å². The molecule has 1 aromatic rings. The summed E-state index contributed by atoms with van der Waals surface area (Å²) >= 11 is 0. The zero-order valence-electron chi connectivity index (χ0n) is 15.0. The summed E-state index contributed by atoms with van der Waals surface area (Å²) in [7, 11) is 0. The number of carbonyl (C=O) groups is 1. The van der Waals surface area contributed by atoms with Gasteiger partial charge < -0.3 is 10.6 Å². The number of piperidine rings is 2. The molecule has 0 unspecified atom stereocenters. The second-order valence-electron chi connectivity index (χ2n) is 7.15. The van der Waals surface area contributed by atoms with Crippen LogP contribution in [0.25, 0.3) is 0 Å². The summed E-state index contributed by atoms with van der Waals surface area (Å²) < 4.78 is 0. The highest BCUT2D eigenvalue weighted by Gasteiger charge is 2.20. The molecule has 0 aromatic heterocycles. The molecule has 2 aliphatic rings. The number of anilines is 1. The van der Waals surface area contributed by atoms with Crippen LogP contribution >= 0.6 is 24.8 Å². The van der Waals surface area contributed by atoms with Crippen molar-refractivity contribution in [1.29, 1.82) is 0 Å². The van der Waals surface area contributed by atoms with Crippen LogP contribution in [0.15, 0.2) is 24.3 Å². The lowest BCUT2D eigenvalue weighted by atomic mass is 9.99. The van der Waals surface area contributed by atoms with E-state index >= 15 is 0 Å². The van der Waals surface area contributed by atoms with Gasteiger partial charge in [0.05, 0.1) is 6.04 Å². The Morgan fingerprint density at radius 3 is 2.40 bits per heavy atom. The number of nitrogens with one attached hydrogen (secondary N) is 2. The second kappa shape index (κ2) is 11.0. The van der Waals surface area contributed by atoms with Gasteiger partial charge in [0.15, 0.2) is 0 Å². The lowest BCUT2D eigenvalue weighted by molar-refractivity contribution is -0.118. The summed E-state index contributed by atoms with van der Waals surface area (Å²) in [6, 6.07) is 8.31. The van der Waals surface area contributed by atoms with E-state index in [0.717, 1.165) is 37.5 Å². The standard InChI is InChI=1S/C19H29N3O.2ClH/c1-15-9-12-22(13-10-15)14-16-5-7-17(8-6-16)21-19(23)18-4-2-3-11-20-18;;/h5-8,15,18,20H,2-4,9-14H2,1H3,(H,21,23);2*1H/t18-;;/m1../s1. The minimum atomic E-state index is -0.0289. The van der Waals surface area contributed by atoms with E-state index in [4.69, 9.17) is 0 Å². The van der Waals surface area contributed by atoms with Crippen LogP contribution < -0.4 is 10.6 Å². The molecule has 0 saturated carbocycles. The van der Waals surface area contributed by atoms with Gasteiger partial charge in [0, 0.05) is 12.2 Å². The molecule has 4 nitrogen and oxygen atoms in total. The molecule has 0 radical (unpaired) electrons. The number of rotatable bonds is 4. The molecule has 2 fully saturated rings. The molecule has 2 heterocycles. The number of benzene rings is 1. The Morgan fingerprint density at radius 1 is 1.12 bits per heavy atom. The van der Waals surface area contributed by atoms with Gasteiger partial charge in [-0.25, -0.2) is 0 Å². The largest absolute Gasteiger partial charge is 0.325 e. The van der Waals surface area contributed by atoms with Gasteiger partial charge in [0.25, 0.3) is 0 Å².